The van der Waals surface area contributed by atoms with Gasteiger partial charge in [-0.15, -0.1) is 0 Å². The maximum absolute atomic E-state index is 15.0. The predicted molar refractivity (Wildman–Crippen MR) is 130 cm³/mol. The molecule has 0 aliphatic rings. The summed E-state index contributed by atoms with van der Waals surface area (Å²) < 4.78 is 124. The van der Waals surface area contributed by atoms with E-state index in [1.54, 1.807) is 13.8 Å². The van der Waals surface area contributed by atoms with Crippen LogP contribution in [0.4, 0.5) is 30.7 Å². The molecule has 4 aromatic rings. The van der Waals surface area contributed by atoms with Crippen molar-refractivity contribution in [2.45, 2.75) is 37.6 Å². The van der Waals surface area contributed by atoms with Crippen molar-refractivity contribution in [3.05, 3.63) is 82.2 Å². The summed E-state index contributed by atoms with van der Waals surface area (Å²) >= 11 is 0. The van der Waals surface area contributed by atoms with Crippen LogP contribution in [-0.4, -0.2) is 28.0 Å². The molecule has 0 unspecified atom stereocenters. The Morgan fingerprint density at radius 3 is 2.27 bits per heavy atom. The number of nitrogens with zero attached hydrogens (tertiary/aromatic N) is 5. The maximum Gasteiger partial charge on any atom is 0.436 e. The van der Waals surface area contributed by atoms with E-state index in [1.165, 1.54) is 29.0 Å². The monoisotopic (exact) mass is 600 g/mol. The third-order valence-electron chi connectivity index (χ3n) is 6.11. The van der Waals surface area contributed by atoms with Crippen LogP contribution < -0.4 is 4.72 Å². The molecule has 2 aromatic carbocycles. The molecule has 1 N–H and O–H groups in total. The molecule has 8 nitrogen and oxygen atoms in total. The number of hydrogen-bond donors (Lipinski definition) is 1. The molecule has 0 amide bonds. The van der Waals surface area contributed by atoms with Gasteiger partial charge < -0.3 is 0 Å². The van der Waals surface area contributed by atoms with Crippen LogP contribution in [-0.2, 0) is 36.0 Å². The highest BCUT2D eigenvalue weighted by Gasteiger charge is 2.41. The summed E-state index contributed by atoms with van der Waals surface area (Å²) in [5.74, 6) is -0.892. The standard InChI is InChI=1S/C25H19F7N6O2S/c1-13-22(14(2)38(35-13)18-7-6-16(10-33)19(9-18)24(27,28)29)15-4-5-17(20(26)8-15)11-34-41(39,40)21-12-37(3)36-23(21)25(30,31)32/h4-9,12,34H,11H2,1-3H3. The lowest BCUT2D eigenvalue weighted by molar-refractivity contribution is -0.143. The van der Waals surface area contributed by atoms with Gasteiger partial charge >= 0.3 is 12.4 Å². The van der Waals surface area contributed by atoms with Crippen LogP contribution in [0.5, 0.6) is 0 Å². The number of rotatable bonds is 6. The summed E-state index contributed by atoms with van der Waals surface area (Å²) in [6, 6.07) is 8.28. The normalized spacial score (nSPS) is 12.5. The van der Waals surface area contributed by atoms with Gasteiger partial charge in [-0.05, 0) is 43.7 Å². The summed E-state index contributed by atoms with van der Waals surface area (Å²) in [6.45, 7) is 2.43. The van der Waals surface area contributed by atoms with Gasteiger partial charge in [0.05, 0.1) is 28.6 Å². The molecule has 0 aliphatic heterocycles. The van der Waals surface area contributed by atoms with Gasteiger partial charge in [-0.2, -0.15) is 41.8 Å². The van der Waals surface area contributed by atoms with E-state index in [1.807, 2.05) is 4.72 Å². The van der Waals surface area contributed by atoms with E-state index in [0.717, 1.165) is 25.2 Å². The second-order valence-corrected chi connectivity index (χ2v) is 10.7. The van der Waals surface area contributed by atoms with Crippen molar-refractivity contribution in [1.29, 1.82) is 5.26 Å². The number of aromatic nitrogens is 4. The Balaban J connectivity index is 1.63. The second-order valence-electron chi connectivity index (χ2n) is 8.94. The average Bonchev–Trinajstić information content (AvgIpc) is 3.42. The number of alkyl halides is 6. The van der Waals surface area contributed by atoms with E-state index in [-0.39, 0.29) is 16.8 Å². The van der Waals surface area contributed by atoms with Crippen molar-refractivity contribution in [3.8, 4) is 22.9 Å². The van der Waals surface area contributed by atoms with Gasteiger partial charge in [0.1, 0.15) is 10.7 Å². The fourth-order valence-corrected chi connectivity index (χ4v) is 5.47. The Kier molecular flexibility index (Phi) is 7.48. The molecule has 0 radical (unpaired) electrons. The number of sulfonamides is 1. The third-order valence-corrected chi connectivity index (χ3v) is 7.51. The molecular weight excluding hydrogens is 581 g/mol. The van der Waals surface area contributed by atoms with Crippen LogP contribution in [0.25, 0.3) is 16.8 Å². The fraction of sp³-hybridized carbons (Fsp3) is 0.240. The molecule has 0 bridgehead atoms. The minimum atomic E-state index is -5.04. The van der Waals surface area contributed by atoms with Gasteiger partial charge in [0.25, 0.3) is 0 Å². The van der Waals surface area contributed by atoms with Crippen LogP contribution in [0, 0.1) is 31.0 Å². The molecular formula is C25H19F7N6O2S. The number of benzene rings is 2. The predicted octanol–water partition coefficient (Wildman–Crippen LogP) is 5.42. The number of hydrogen-bond acceptors (Lipinski definition) is 5. The second kappa shape index (κ2) is 10.3. The first kappa shape index (κ1) is 29.7. The Morgan fingerprint density at radius 1 is 1.00 bits per heavy atom. The summed E-state index contributed by atoms with van der Waals surface area (Å²) in [5.41, 5.74) is -2.13. The summed E-state index contributed by atoms with van der Waals surface area (Å²) in [7, 11) is -3.60. The highest BCUT2D eigenvalue weighted by Crippen LogP contribution is 2.36. The van der Waals surface area contributed by atoms with E-state index in [9.17, 15) is 34.8 Å². The van der Waals surface area contributed by atoms with Gasteiger partial charge in [-0.25, -0.2) is 22.2 Å². The van der Waals surface area contributed by atoms with Crippen molar-refractivity contribution < 1.29 is 39.2 Å². The van der Waals surface area contributed by atoms with Crippen molar-refractivity contribution >= 4 is 10.0 Å². The fourth-order valence-electron chi connectivity index (χ4n) is 4.26. The van der Waals surface area contributed by atoms with E-state index >= 15 is 4.39 Å². The average molecular weight is 601 g/mol. The van der Waals surface area contributed by atoms with Gasteiger partial charge in [-0.3, -0.25) is 4.68 Å². The van der Waals surface area contributed by atoms with Crippen molar-refractivity contribution in [2.75, 3.05) is 0 Å². The van der Waals surface area contributed by atoms with Crippen LogP contribution in [0.2, 0.25) is 0 Å². The molecule has 2 heterocycles. The molecule has 16 heteroatoms. The molecule has 216 valence electrons. The molecule has 41 heavy (non-hydrogen) atoms. The summed E-state index contributed by atoms with van der Waals surface area (Å²) in [4.78, 5) is -1.11. The summed E-state index contributed by atoms with van der Waals surface area (Å²) in [5, 5.41) is 16.5. The molecule has 0 saturated carbocycles. The topological polar surface area (TPSA) is 106 Å². The lowest BCUT2D eigenvalue weighted by Gasteiger charge is -2.12. The molecule has 0 saturated heterocycles. The zero-order valence-electron chi connectivity index (χ0n) is 21.4. The SMILES string of the molecule is Cc1nn(-c2ccc(C#N)c(C(F)(F)F)c2)c(C)c1-c1ccc(CNS(=O)(=O)c2cn(C)nc2C(F)(F)F)c(F)c1. The Bertz CT molecular complexity index is 1800. The van der Waals surface area contributed by atoms with Crippen LogP contribution in [0.3, 0.4) is 0 Å². The van der Waals surface area contributed by atoms with Gasteiger partial charge in [0, 0.05) is 36.6 Å². The number of halogens is 7. The lowest BCUT2D eigenvalue weighted by atomic mass is 10.0. The number of nitrogens with one attached hydrogen (secondary N) is 1. The molecule has 0 aliphatic carbocycles. The third kappa shape index (κ3) is 5.81. The van der Waals surface area contributed by atoms with Crippen molar-refractivity contribution in [3.63, 3.8) is 0 Å². The first-order valence-corrected chi connectivity index (χ1v) is 13.0. The highest BCUT2D eigenvalue weighted by atomic mass is 32.2. The number of nitriles is 1. The highest BCUT2D eigenvalue weighted by molar-refractivity contribution is 7.89. The first-order chi connectivity index (χ1) is 18.9. The van der Waals surface area contributed by atoms with Crippen molar-refractivity contribution in [1.82, 2.24) is 24.3 Å². The molecule has 2 aromatic heterocycles. The van der Waals surface area contributed by atoms with Gasteiger partial charge in [0.15, 0.2) is 5.69 Å². The zero-order valence-corrected chi connectivity index (χ0v) is 22.2. The molecule has 0 fully saturated rings. The Labute approximate surface area is 228 Å². The molecule has 4 rings (SSSR count). The molecule has 0 atom stereocenters. The minimum Gasteiger partial charge on any atom is -0.274 e. The van der Waals surface area contributed by atoms with E-state index in [4.69, 9.17) is 5.26 Å². The largest absolute Gasteiger partial charge is 0.436 e. The lowest BCUT2D eigenvalue weighted by Crippen LogP contribution is -2.26. The smallest absolute Gasteiger partial charge is 0.274 e. The zero-order chi connectivity index (χ0) is 30.5. The van der Waals surface area contributed by atoms with Crippen molar-refractivity contribution in [2.24, 2.45) is 7.05 Å². The first-order valence-electron chi connectivity index (χ1n) is 11.5. The Morgan fingerprint density at radius 2 is 1.68 bits per heavy atom. The van der Waals surface area contributed by atoms with E-state index in [2.05, 4.69) is 10.2 Å². The summed E-state index contributed by atoms with van der Waals surface area (Å²) in [6.07, 6.45) is -9.14. The Hall–Kier alpha value is -4.23. The van der Waals surface area contributed by atoms with E-state index in [0.29, 0.717) is 27.8 Å². The quantitative estimate of drug-likeness (QED) is 0.298. The minimum absolute atomic E-state index is 0.0169. The van der Waals surface area contributed by atoms with Crippen LogP contribution in [0.15, 0.2) is 47.5 Å². The number of aryl methyl sites for hydroxylation is 2. The van der Waals surface area contributed by atoms with Gasteiger partial charge in [0.2, 0.25) is 10.0 Å². The van der Waals surface area contributed by atoms with Gasteiger partial charge in [-0.1, -0.05) is 12.1 Å². The molecule has 0 spiro atoms. The maximum atomic E-state index is 15.0. The van der Waals surface area contributed by atoms with Crippen LogP contribution in [0.1, 0.15) is 33.8 Å². The van der Waals surface area contributed by atoms with Crippen LogP contribution >= 0.6 is 0 Å². The van der Waals surface area contributed by atoms with E-state index < -0.39 is 56.5 Å².